The van der Waals surface area contributed by atoms with E-state index < -0.39 is 5.97 Å². The number of aromatic carboxylic acids is 1. The molecule has 0 saturated heterocycles. The normalized spacial score (nSPS) is 9.85. The fourth-order valence-electron chi connectivity index (χ4n) is 1.70. The van der Waals surface area contributed by atoms with Gasteiger partial charge in [-0.25, -0.2) is 9.78 Å². The number of carboxylic acids is 1. The van der Waals surface area contributed by atoms with Crippen molar-refractivity contribution in [3.63, 3.8) is 0 Å². The second kappa shape index (κ2) is 5.59. The van der Waals surface area contributed by atoms with Gasteiger partial charge in [0.15, 0.2) is 5.82 Å². The second-order valence-corrected chi connectivity index (χ2v) is 4.46. The number of hydrogen-bond acceptors (Lipinski definition) is 4. The van der Waals surface area contributed by atoms with Crippen LogP contribution in [0.1, 0.15) is 15.9 Å². The van der Waals surface area contributed by atoms with Crippen LogP contribution in [-0.2, 0) is 0 Å². The highest BCUT2D eigenvalue weighted by molar-refractivity contribution is 6.33. The summed E-state index contributed by atoms with van der Waals surface area (Å²) in [7, 11) is 1.74. The Kier molecular flexibility index (Phi) is 3.87. The summed E-state index contributed by atoms with van der Waals surface area (Å²) in [4.78, 5) is 16.6. The fourth-order valence-corrected chi connectivity index (χ4v) is 1.99. The first kappa shape index (κ1) is 13.8. The molecule has 2 aromatic rings. The molecule has 0 bridgehead atoms. The van der Waals surface area contributed by atoms with Gasteiger partial charge < -0.3 is 10.0 Å². The maximum atomic E-state index is 10.8. The van der Waals surface area contributed by atoms with Crippen LogP contribution in [0.5, 0.6) is 0 Å². The Bertz CT molecular complexity index is 710. The Labute approximate surface area is 120 Å². The van der Waals surface area contributed by atoms with Gasteiger partial charge in [-0.05, 0) is 24.3 Å². The summed E-state index contributed by atoms with van der Waals surface area (Å²) < 4.78 is 0. The lowest BCUT2D eigenvalue weighted by atomic mass is 10.2. The monoisotopic (exact) mass is 287 g/mol. The van der Waals surface area contributed by atoms with Crippen LogP contribution in [0.2, 0.25) is 5.02 Å². The van der Waals surface area contributed by atoms with Gasteiger partial charge in [-0.3, -0.25) is 0 Å². The van der Waals surface area contributed by atoms with Gasteiger partial charge in [0.2, 0.25) is 0 Å². The first-order valence-corrected chi connectivity index (χ1v) is 6.03. The quantitative estimate of drug-likeness (QED) is 0.938. The van der Waals surface area contributed by atoms with Gasteiger partial charge in [0, 0.05) is 18.9 Å². The Morgan fingerprint density at radius 3 is 2.80 bits per heavy atom. The van der Waals surface area contributed by atoms with Crippen LogP contribution < -0.4 is 4.90 Å². The molecular formula is C14H10ClN3O2. The molecular weight excluding hydrogens is 278 g/mol. The number of rotatable bonds is 3. The molecule has 0 aliphatic carbocycles. The maximum absolute atomic E-state index is 10.8. The summed E-state index contributed by atoms with van der Waals surface area (Å²) in [5.41, 5.74) is 1.28. The summed E-state index contributed by atoms with van der Waals surface area (Å²) in [6.07, 6.45) is 1.24. The molecule has 1 aromatic carbocycles. The van der Waals surface area contributed by atoms with Crippen molar-refractivity contribution in [1.82, 2.24) is 4.98 Å². The van der Waals surface area contributed by atoms with Crippen molar-refractivity contribution in [3.05, 3.63) is 52.7 Å². The van der Waals surface area contributed by atoms with E-state index in [1.165, 1.54) is 12.3 Å². The molecule has 0 atom stereocenters. The fraction of sp³-hybridized carbons (Fsp3) is 0.0714. The minimum absolute atomic E-state index is 0.0259. The zero-order valence-corrected chi connectivity index (χ0v) is 11.3. The van der Waals surface area contributed by atoms with Gasteiger partial charge in [-0.15, -0.1) is 0 Å². The highest BCUT2D eigenvalue weighted by atomic mass is 35.5. The molecule has 20 heavy (non-hydrogen) atoms. The van der Waals surface area contributed by atoms with E-state index in [9.17, 15) is 4.79 Å². The van der Waals surface area contributed by atoms with E-state index in [1.54, 1.807) is 30.1 Å². The predicted molar refractivity (Wildman–Crippen MR) is 75.4 cm³/mol. The Balaban J connectivity index is 2.40. The average molecular weight is 288 g/mol. The van der Waals surface area contributed by atoms with Crippen molar-refractivity contribution in [3.8, 4) is 6.07 Å². The van der Waals surface area contributed by atoms with E-state index in [4.69, 9.17) is 22.0 Å². The Morgan fingerprint density at radius 1 is 1.45 bits per heavy atom. The van der Waals surface area contributed by atoms with Gasteiger partial charge in [0.1, 0.15) is 0 Å². The topological polar surface area (TPSA) is 77.2 Å². The standard InChI is InChI=1S/C14H10ClN3O2/c1-18(11-4-2-3-9(5-11)7-16)13-12(15)6-10(8-17-13)14(19)20/h2-6,8H,1H3,(H,19,20). The van der Waals surface area contributed by atoms with Gasteiger partial charge >= 0.3 is 5.97 Å². The number of benzene rings is 1. The lowest BCUT2D eigenvalue weighted by Gasteiger charge is -2.19. The first-order chi connectivity index (χ1) is 9.52. The van der Waals surface area contributed by atoms with Gasteiger partial charge in [0.05, 0.1) is 22.2 Å². The molecule has 0 unspecified atom stereocenters. The van der Waals surface area contributed by atoms with Crippen LogP contribution in [0.3, 0.4) is 0 Å². The van der Waals surface area contributed by atoms with E-state index >= 15 is 0 Å². The van der Waals surface area contributed by atoms with E-state index in [-0.39, 0.29) is 10.6 Å². The van der Waals surface area contributed by atoms with Crippen LogP contribution in [-0.4, -0.2) is 23.1 Å². The molecule has 100 valence electrons. The van der Waals surface area contributed by atoms with Crippen LogP contribution in [0.15, 0.2) is 36.5 Å². The molecule has 1 N–H and O–H groups in total. The second-order valence-electron chi connectivity index (χ2n) is 4.06. The van der Waals surface area contributed by atoms with Crippen LogP contribution in [0.25, 0.3) is 0 Å². The number of anilines is 2. The van der Waals surface area contributed by atoms with Crippen molar-refractivity contribution in [2.75, 3.05) is 11.9 Å². The zero-order chi connectivity index (χ0) is 14.7. The molecule has 0 saturated carbocycles. The third kappa shape index (κ3) is 2.71. The minimum Gasteiger partial charge on any atom is -0.478 e. The van der Waals surface area contributed by atoms with Crippen molar-refractivity contribution < 1.29 is 9.90 Å². The molecule has 1 heterocycles. The Hall–Kier alpha value is -2.58. The van der Waals surface area contributed by atoms with Crippen LogP contribution >= 0.6 is 11.6 Å². The molecule has 0 spiro atoms. The zero-order valence-electron chi connectivity index (χ0n) is 10.5. The van der Waals surface area contributed by atoms with Crippen molar-refractivity contribution >= 4 is 29.1 Å². The molecule has 0 fully saturated rings. The first-order valence-electron chi connectivity index (χ1n) is 5.65. The number of nitriles is 1. The number of carbonyl (C=O) groups is 1. The lowest BCUT2D eigenvalue weighted by molar-refractivity contribution is 0.0696. The minimum atomic E-state index is -1.08. The number of carboxylic acid groups (broad SMARTS) is 1. The summed E-state index contributed by atoms with van der Waals surface area (Å²) in [5, 5.41) is 18.0. The number of halogens is 1. The molecule has 0 aliphatic heterocycles. The molecule has 1 aromatic heterocycles. The van der Waals surface area contributed by atoms with Crippen molar-refractivity contribution in [2.24, 2.45) is 0 Å². The molecule has 6 heteroatoms. The number of hydrogen-bond donors (Lipinski definition) is 1. The van der Waals surface area contributed by atoms with E-state index in [0.29, 0.717) is 11.4 Å². The molecule has 0 amide bonds. The van der Waals surface area contributed by atoms with E-state index in [2.05, 4.69) is 11.1 Å². The Morgan fingerprint density at radius 2 is 2.20 bits per heavy atom. The molecule has 5 nitrogen and oxygen atoms in total. The summed E-state index contributed by atoms with van der Waals surface area (Å²) in [5.74, 6) is -0.660. The smallest absolute Gasteiger partial charge is 0.337 e. The van der Waals surface area contributed by atoms with Gasteiger partial charge in [0.25, 0.3) is 0 Å². The van der Waals surface area contributed by atoms with Gasteiger partial charge in [-0.1, -0.05) is 17.7 Å². The SMILES string of the molecule is CN(c1cccc(C#N)c1)c1ncc(C(=O)O)cc1Cl. The number of pyridine rings is 1. The number of nitrogens with zero attached hydrogens (tertiary/aromatic N) is 3. The van der Waals surface area contributed by atoms with Crippen LogP contribution in [0.4, 0.5) is 11.5 Å². The lowest BCUT2D eigenvalue weighted by Crippen LogP contribution is -2.12. The van der Waals surface area contributed by atoms with E-state index in [1.807, 2.05) is 6.07 Å². The van der Waals surface area contributed by atoms with Crippen LogP contribution in [0, 0.1) is 11.3 Å². The molecule has 2 rings (SSSR count). The third-order valence-electron chi connectivity index (χ3n) is 2.75. The average Bonchev–Trinajstić information content (AvgIpc) is 2.46. The highest BCUT2D eigenvalue weighted by Gasteiger charge is 2.13. The maximum Gasteiger partial charge on any atom is 0.337 e. The number of aromatic nitrogens is 1. The highest BCUT2D eigenvalue weighted by Crippen LogP contribution is 2.29. The van der Waals surface area contributed by atoms with Gasteiger partial charge in [-0.2, -0.15) is 5.26 Å². The molecule has 0 aliphatic rings. The summed E-state index contributed by atoms with van der Waals surface area (Å²) in [6.45, 7) is 0. The molecule has 0 radical (unpaired) electrons. The van der Waals surface area contributed by atoms with Crippen molar-refractivity contribution in [1.29, 1.82) is 5.26 Å². The largest absolute Gasteiger partial charge is 0.478 e. The summed E-state index contributed by atoms with van der Waals surface area (Å²) in [6, 6.07) is 10.4. The summed E-state index contributed by atoms with van der Waals surface area (Å²) >= 11 is 6.06. The van der Waals surface area contributed by atoms with E-state index in [0.717, 1.165) is 5.69 Å². The van der Waals surface area contributed by atoms with Crippen molar-refractivity contribution in [2.45, 2.75) is 0 Å². The third-order valence-corrected chi connectivity index (χ3v) is 3.03. The predicted octanol–water partition coefficient (Wildman–Crippen LogP) is 3.07.